The maximum Gasteiger partial charge on any atom is 0.252 e. The van der Waals surface area contributed by atoms with Gasteiger partial charge >= 0.3 is 0 Å². The van der Waals surface area contributed by atoms with Crippen LogP contribution >= 0.6 is 11.6 Å². The molecule has 20 heavy (non-hydrogen) atoms. The summed E-state index contributed by atoms with van der Waals surface area (Å²) in [6.07, 6.45) is 0.452. The minimum Gasteiger partial charge on any atom is -0.397 e. The summed E-state index contributed by atoms with van der Waals surface area (Å²) < 4.78 is 0. The third-order valence-corrected chi connectivity index (χ3v) is 3.76. The van der Waals surface area contributed by atoms with Crippen LogP contribution in [0.2, 0.25) is 0 Å². The number of carbonyl (C=O) groups is 2. The Bertz CT molecular complexity index is 522. The lowest BCUT2D eigenvalue weighted by molar-refractivity contribution is -0.122. The lowest BCUT2D eigenvalue weighted by Crippen LogP contribution is -2.52. The fourth-order valence-electron chi connectivity index (χ4n) is 1.78. The zero-order valence-electron chi connectivity index (χ0n) is 11.9. The maximum absolute atomic E-state index is 12.3. The molecule has 1 rings (SSSR count). The predicted octanol–water partition coefficient (Wildman–Crippen LogP) is 1.87. The molecule has 0 aliphatic rings. The first-order valence-electron chi connectivity index (χ1n) is 6.32. The highest BCUT2D eigenvalue weighted by atomic mass is 35.5. The first-order valence-corrected chi connectivity index (χ1v) is 6.86. The van der Waals surface area contributed by atoms with Crippen LogP contribution in [0.4, 0.5) is 11.4 Å². The summed E-state index contributed by atoms with van der Waals surface area (Å²) in [6, 6.07) is 3.14. The van der Waals surface area contributed by atoms with Gasteiger partial charge in [0.05, 0.1) is 22.8 Å². The van der Waals surface area contributed by atoms with Gasteiger partial charge in [-0.05, 0) is 38.0 Å². The van der Waals surface area contributed by atoms with E-state index in [1.165, 1.54) is 6.07 Å². The van der Waals surface area contributed by atoms with Gasteiger partial charge in [-0.1, -0.05) is 6.92 Å². The number of Topliss-reactive ketones (excluding diaryl/α,β-unsaturated/α-hetero) is 1. The average molecular weight is 298 g/mol. The average Bonchev–Trinajstić information content (AvgIpc) is 2.42. The second-order valence-corrected chi connectivity index (χ2v) is 5.26. The molecule has 1 atom stereocenters. The molecule has 0 heterocycles. The molecule has 0 radical (unpaired) electrons. The first-order chi connectivity index (χ1) is 9.25. The molecule has 0 aromatic heterocycles. The number of rotatable bonds is 5. The van der Waals surface area contributed by atoms with Crippen LogP contribution in [0.1, 0.15) is 36.2 Å². The van der Waals surface area contributed by atoms with Gasteiger partial charge in [0.2, 0.25) is 0 Å². The molecule has 0 spiro atoms. The Hall–Kier alpha value is -1.75. The standard InChI is InChI=1S/C14H20ClN3O2/c1-4-14(3,11(19)7-15)18-13(20)9-5-8(2)12(17)10(16)6-9/h5-6H,4,7,16-17H2,1-3H3,(H,18,20). The van der Waals surface area contributed by atoms with Crippen molar-refractivity contribution in [2.24, 2.45) is 0 Å². The van der Waals surface area contributed by atoms with E-state index in [9.17, 15) is 9.59 Å². The van der Waals surface area contributed by atoms with E-state index in [0.29, 0.717) is 23.4 Å². The topological polar surface area (TPSA) is 98.2 Å². The quantitative estimate of drug-likeness (QED) is 0.571. The van der Waals surface area contributed by atoms with Gasteiger partial charge in [0.1, 0.15) is 0 Å². The molecule has 1 amide bonds. The van der Waals surface area contributed by atoms with E-state index in [2.05, 4.69) is 5.32 Å². The number of carbonyl (C=O) groups excluding carboxylic acids is 2. The summed E-state index contributed by atoms with van der Waals surface area (Å²) in [5, 5.41) is 2.71. The molecule has 0 fully saturated rings. The Morgan fingerprint density at radius 2 is 1.95 bits per heavy atom. The zero-order valence-corrected chi connectivity index (χ0v) is 12.7. The molecule has 0 saturated heterocycles. The van der Waals surface area contributed by atoms with E-state index >= 15 is 0 Å². The normalized spacial score (nSPS) is 13.6. The van der Waals surface area contributed by atoms with Gasteiger partial charge in [0.25, 0.3) is 5.91 Å². The van der Waals surface area contributed by atoms with E-state index in [-0.39, 0.29) is 17.6 Å². The van der Waals surface area contributed by atoms with E-state index in [4.69, 9.17) is 23.1 Å². The van der Waals surface area contributed by atoms with Crippen molar-refractivity contribution < 1.29 is 9.59 Å². The number of nitrogen functional groups attached to an aromatic ring is 2. The molecule has 0 saturated carbocycles. The third-order valence-electron chi connectivity index (χ3n) is 3.51. The Morgan fingerprint density at radius 1 is 1.35 bits per heavy atom. The molecular formula is C14H20ClN3O2. The number of anilines is 2. The second kappa shape index (κ2) is 6.13. The van der Waals surface area contributed by atoms with Crippen molar-refractivity contribution >= 4 is 34.7 Å². The predicted molar refractivity (Wildman–Crippen MR) is 81.9 cm³/mol. The molecule has 0 bridgehead atoms. The summed E-state index contributed by atoms with van der Waals surface area (Å²) in [4.78, 5) is 24.1. The molecule has 1 aromatic rings. The lowest BCUT2D eigenvalue weighted by atomic mass is 9.93. The minimum absolute atomic E-state index is 0.145. The minimum atomic E-state index is -0.983. The van der Waals surface area contributed by atoms with E-state index in [1.807, 2.05) is 6.92 Å². The van der Waals surface area contributed by atoms with E-state index in [1.54, 1.807) is 19.9 Å². The Morgan fingerprint density at radius 3 is 2.40 bits per heavy atom. The van der Waals surface area contributed by atoms with E-state index in [0.717, 1.165) is 5.56 Å². The number of nitrogens with two attached hydrogens (primary N) is 2. The molecule has 0 aliphatic carbocycles. The van der Waals surface area contributed by atoms with Crippen LogP contribution in [0, 0.1) is 6.92 Å². The zero-order chi connectivity index (χ0) is 15.5. The molecule has 1 aromatic carbocycles. The monoisotopic (exact) mass is 297 g/mol. The van der Waals surface area contributed by atoms with Crippen molar-refractivity contribution in [2.75, 3.05) is 17.3 Å². The van der Waals surface area contributed by atoms with Crippen molar-refractivity contribution in [1.29, 1.82) is 0 Å². The molecule has 1 unspecified atom stereocenters. The van der Waals surface area contributed by atoms with Crippen LogP contribution < -0.4 is 16.8 Å². The molecular weight excluding hydrogens is 278 g/mol. The van der Waals surface area contributed by atoms with Gasteiger partial charge in [0.15, 0.2) is 5.78 Å². The van der Waals surface area contributed by atoms with Gasteiger partial charge in [-0.15, -0.1) is 11.6 Å². The molecule has 110 valence electrons. The summed E-state index contributed by atoms with van der Waals surface area (Å²) in [5.74, 6) is -0.745. The number of halogens is 1. The van der Waals surface area contributed by atoms with Gasteiger partial charge in [0, 0.05) is 5.56 Å². The van der Waals surface area contributed by atoms with Gasteiger partial charge in [-0.2, -0.15) is 0 Å². The van der Waals surface area contributed by atoms with E-state index < -0.39 is 5.54 Å². The summed E-state index contributed by atoms with van der Waals surface area (Å²) in [6.45, 7) is 5.24. The van der Waals surface area contributed by atoms with Crippen molar-refractivity contribution in [3.8, 4) is 0 Å². The van der Waals surface area contributed by atoms with Crippen molar-refractivity contribution in [3.05, 3.63) is 23.3 Å². The van der Waals surface area contributed by atoms with Crippen LogP contribution in [-0.4, -0.2) is 23.1 Å². The summed E-state index contributed by atoms with van der Waals surface area (Å²) in [7, 11) is 0. The number of alkyl halides is 1. The van der Waals surface area contributed by atoms with Crippen molar-refractivity contribution in [1.82, 2.24) is 5.32 Å². The van der Waals surface area contributed by atoms with Crippen LogP contribution in [0.25, 0.3) is 0 Å². The number of hydrogen-bond donors (Lipinski definition) is 3. The largest absolute Gasteiger partial charge is 0.397 e. The number of aryl methyl sites for hydroxylation is 1. The highest BCUT2D eigenvalue weighted by Gasteiger charge is 2.32. The van der Waals surface area contributed by atoms with Crippen molar-refractivity contribution in [3.63, 3.8) is 0 Å². The number of benzene rings is 1. The molecule has 0 aliphatic heterocycles. The number of hydrogen-bond acceptors (Lipinski definition) is 4. The SMILES string of the molecule is CCC(C)(NC(=O)c1cc(C)c(N)c(N)c1)C(=O)CCl. The summed E-state index contributed by atoms with van der Waals surface area (Å²) >= 11 is 5.58. The summed E-state index contributed by atoms with van der Waals surface area (Å²) in [5.41, 5.74) is 12.4. The molecule has 6 heteroatoms. The lowest BCUT2D eigenvalue weighted by Gasteiger charge is -2.27. The van der Waals surface area contributed by atoms with Crippen molar-refractivity contribution in [2.45, 2.75) is 32.7 Å². The third kappa shape index (κ3) is 3.22. The first kappa shape index (κ1) is 16.3. The number of nitrogens with one attached hydrogen (secondary N) is 1. The maximum atomic E-state index is 12.3. The smallest absolute Gasteiger partial charge is 0.252 e. The Kier molecular flexibility index (Phi) is 5.00. The van der Waals surface area contributed by atoms with Gasteiger partial charge in [-0.25, -0.2) is 0 Å². The highest BCUT2D eigenvalue weighted by Crippen LogP contribution is 2.22. The van der Waals surface area contributed by atoms with Gasteiger partial charge < -0.3 is 16.8 Å². The fourth-order valence-corrected chi connectivity index (χ4v) is 2.08. The fraction of sp³-hybridized carbons (Fsp3) is 0.429. The van der Waals surface area contributed by atoms with Crippen LogP contribution in [0.5, 0.6) is 0 Å². The Balaban J connectivity index is 3.05. The van der Waals surface area contributed by atoms with Crippen LogP contribution in [0.15, 0.2) is 12.1 Å². The molecule has 5 nitrogen and oxygen atoms in total. The molecule has 5 N–H and O–H groups in total. The highest BCUT2D eigenvalue weighted by molar-refractivity contribution is 6.29. The number of amides is 1. The van der Waals surface area contributed by atoms with Gasteiger partial charge in [-0.3, -0.25) is 9.59 Å². The second-order valence-electron chi connectivity index (χ2n) is 4.99. The van der Waals surface area contributed by atoms with Crippen LogP contribution in [-0.2, 0) is 4.79 Å². The Labute approximate surface area is 123 Å². The van der Waals surface area contributed by atoms with Crippen LogP contribution in [0.3, 0.4) is 0 Å². The number of ketones is 1.